The van der Waals surface area contributed by atoms with Gasteiger partial charge in [0, 0.05) is 6.07 Å². The van der Waals surface area contributed by atoms with Gasteiger partial charge in [-0.25, -0.2) is 9.78 Å². The van der Waals surface area contributed by atoms with Crippen molar-refractivity contribution in [1.82, 2.24) is 4.98 Å². The lowest BCUT2D eigenvalue weighted by molar-refractivity contribution is -0.274. The van der Waals surface area contributed by atoms with Crippen LogP contribution in [0, 0.1) is 5.95 Å². The van der Waals surface area contributed by atoms with Crippen LogP contribution in [-0.2, 0) is 5.88 Å². The summed E-state index contributed by atoms with van der Waals surface area (Å²) in [5.74, 6) is -5.08. The molecular formula is C8H4ClF4NO3. The van der Waals surface area contributed by atoms with E-state index in [9.17, 15) is 22.4 Å². The van der Waals surface area contributed by atoms with E-state index in [2.05, 4.69) is 9.72 Å². The molecule has 0 aliphatic carbocycles. The Balaban J connectivity index is 3.32. The third-order valence-corrected chi connectivity index (χ3v) is 1.84. The minimum absolute atomic E-state index is 0.270. The monoisotopic (exact) mass is 273 g/mol. The van der Waals surface area contributed by atoms with E-state index in [1.54, 1.807) is 0 Å². The number of halogens is 5. The van der Waals surface area contributed by atoms with Crippen LogP contribution in [0.25, 0.3) is 0 Å². The summed E-state index contributed by atoms with van der Waals surface area (Å²) >= 11 is 5.26. The van der Waals surface area contributed by atoms with Crippen LogP contribution in [0.2, 0.25) is 0 Å². The summed E-state index contributed by atoms with van der Waals surface area (Å²) < 4.78 is 52.4. The van der Waals surface area contributed by atoms with Gasteiger partial charge in [0.15, 0.2) is 11.3 Å². The van der Waals surface area contributed by atoms with E-state index in [-0.39, 0.29) is 11.6 Å². The number of hydrogen-bond acceptors (Lipinski definition) is 3. The van der Waals surface area contributed by atoms with Crippen LogP contribution in [0.4, 0.5) is 17.6 Å². The van der Waals surface area contributed by atoms with Gasteiger partial charge in [0.2, 0.25) is 5.95 Å². The predicted molar refractivity (Wildman–Crippen MR) is 47.4 cm³/mol. The molecule has 1 aromatic heterocycles. The number of aromatic nitrogens is 1. The number of hydrogen-bond donors (Lipinski definition) is 1. The summed E-state index contributed by atoms with van der Waals surface area (Å²) in [4.78, 5) is 13.6. The molecule has 0 amide bonds. The third kappa shape index (κ3) is 3.45. The van der Waals surface area contributed by atoms with Crippen molar-refractivity contribution in [3.05, 3.63) is 23.3 Å². The largest absolute Gasteiger partial charge is 0.573 e. The fourth-order valence-electron chi connectivity index (χ4n) is 1.01. The van der Waals surface area contributed by atoms with Crippen molar-refractivity contribution < 1.29 is 32.2 Å². The SMILES string of the molecule is O=C(O)c1c(OC(F)(F)F)cc(CCl)nc1F. The van der Waals surface area contributed by atoms with E-state index in [0.29, 0.717) is 6.07 Å². The Morgan fingerprint density at radius 3 is 2.53 bits per heavy atom. The molecule has 0 aromatic carbocycles. The van der Waals surface area contributed by atoms with Crippen molar-refractivity contribution in [3.8, 4) is 5.75 Å². The molecule has 1 aromatic rings. The summed E-state index contributed by atoms with van der Waals surface area (Å²) in [6.45, 7) is 0. The molecule has 0 spiro atoms. The van der Waals surface area contributed by atoms with Crippen LogP contribution in [-0.4, -0.2) is 22.4 Å². The van der Waals surface area contributed by atoms with E-state index in [4.69, 9.17) is 16.7 Å². The van der Waals surface area contributed by atoms with Crippen molar-refractivity contribution in [2.45, 2.75) is 12.2 Å². The number of rotatable bonds is 3. The Labute approximate surface area is 96.8 Å². The second-order valence-corrected chi connectivity index (χ2v) is 3.03. The molecule has 0 fully saturated rings. The normalized spacial score (nSPS) is 11.4. The fraction of sp³-hybridized carbons (Fsp3) is 0.250. The number of pyridine rings is 1. The molecule has 9 heteroatoms. The van der Waals surface area contributed by atoms with Crippen LogP contribution in [0.3, 0.4) is 0 Å². The average Bonchev–Trinajstić information content (AvgIpc) is 2.13. The van der Waals surface area contributed by atoms with Gasteiger partial charge in [0.25, 0.3) is 0 Å². The van der Waals surface area contributed by atoms with Crippen molar-refractivity contribution in [2.75, 3.05) is 0 Å². The molecule has 0 radical (unpaired) electrons. The van der Waals surface area contributed by atoms with Crippen molar-refractivity contribution in [3.63, 3.8) is 0 Å². The van der Waals surface area contributed by atoms with Gasteiger partial charge in [-0.2, -0.15) is 4.39 Å². The maximum Gasteiger partial charge on any atom is 0.573 e. The van der Waals surface area contributed by atoms with Crippen LogP contribution in [0.1, 0.15) is 16.1 Å². The predicted octanol–water partition coefficient (Wildman–Crippen LogP) is 2.56. The van der Waals surface area contributed by atoms with Crippen molar-refractivity contribution in [2.24, 2.45) is 0 Å². The highest BCUT2D eigenvalue weighted by Crippen LogP contribution is 2.28. The highest BCUT2D eigenvalue weighted by atomic mass is 35.5. The highest BCUT2D eigenvalue weighted by Gasteiger charge is 2.34. The maximum absolute atomic E-state index is 13.1. The van der Waals surface area contributed by atoms with Crippen LogP contribution in [0.15, 0.2) is 6.07 Å². The van der Waals surface area contributed by atoms with Crippen LogP contribution >= 0.6 is 11.6 Å². The van der Waals surface area contributed by atoms with E-state index in [1.165, 1.54) is 0 Å². The molecule has 4 nitrogen and oxygen atoms in total. The third-order valence-electron chi connectivity index (χ3n) is 1.57. The lowest BCUT2D eigenvalue weighted by Gasteiger charge is -2.12. The molecule has 1 heterocycles. The zero-order chi connectivity index (χ0) is 13.2. The average molecular weight is 274 g/mol. The Morgan fingerprint density at radius 2 is 2.12 bits per heavy atom. The lowest BCUT2D eigenvalue weighted by Crippen LogP contribution is -2.20. The zero-order valence-corrected chi connectivity index (χ0v) is 8.64. The Kier molecular flexibility index (Phi) is 3.76. The Hall–Kier alpha value is -1.57. The van der Waals surface area contributed by atoms with Crippen LogP contribution in [0.5, 0.6) is 5.75 Å². The topological polar surface area (TPSA) is 59.4 Å². The molecule has 0 bridgehead atoms. The molecule has 0 saturated carbocycles. The minimum atomic E-state index is -5.14. The molecule has 1 rings (SSSR count). The molecule has 0 aliphatic heterocycles. The van der Waals surface area contributed by atoms with Crippen LogP contribution < -0.4 is 4.74 Å². The number of carboxylic acids is 1. The molecule has 94 valence electrons. The maximum atomic E-state index is 13.1. The van der Waals surface area contributed by atoms with Crippen molar-refractivity contribution >= 4 is 17.6 Å². The van der Waals surface area contributed by atoms with E-state index in [1.807, 2.05) is 0 Å². The first-order chi connectivity index (χ1) is 7.74. The number of nitrogens with zero attached hydrogens (tertiary/aromatic N) is 1. The first-order valence-electron chi connectivity index (χ1n) is 3.99. The molecule has 0 atom stereocenters. The van der Waals surface area contributed by atoms with E-state index in [0.717, 1.165) is 0 Å². The first-order valence-corrected chi connectivity index (χ1v) is 4.52. The second kappa shape index (κ2) is 4.74. The first kappa shape index (κ1) is 13.5. The van der Waals surface area contributed by atoms with Crippen molar-refractivity contribution in [1.29, 1.82) is 0 Å². The van der Waals surface area contributed by atoms with Gasteiger partial charge in [-0.15, -0.1) is 24.8 Å². The molecular weight excluding hydrogens is 270 g/mol. The Morgan fingerprint density at radius 1 is 1.53 bits per heavy atom. The summed E-state index contributed by atoms with van der Waals surface area (Å²) in [6.07, 6.45) is -5.14. The van der Waals surface area contributed by atoms with Gasteiger partial charge < -0.3 is 9.84 Å². The fourth-order valence-corrected chi connectivity index (χ4v) is 1.14. The minimum Gasteiger partial charge on any atom is -0.477 e. The van der Waals surface area contributed by atoms with Gasteiger partial charge in [-0.3, -0.25) is 0 Å². The molecule has 0 aliphatic rings. The summed E-state index contributed by atoms with van der Waals surface area (Å²) in [5.41, 5.74) is -1.57. The Bertz CT molecular complexity index is 449. The zero-order valence-electron chi connectivity index (χ0n) is 7.89. The molecule has 1 N–H and O–H groups in total. The van der Waals surface area contributed by atoms with Gasteiger partial charge >= 0.3 is 12.3 Å². The number of alkyl halides is 4. The molecule has 17 heavy (non-hydrogen) atoms. The van der Waals surface area contributed by atoms with E-state index >= 15 is 0 Å². The molecule has 0 unspecified atom stereocenters. The number of aromatic carboxylic acids is 1. The van der Waals surface area contributed by atoms with Gasteiger partial charge in [-0.05, 0) is 0 Å². The highest BCUT2D eigenvalue weighted by molar-refractivity contribution is 6.16. The van der Waals surface area contributed by atoms with Gasteiger partial charge in [-0.1, -0.05) is 0 Å². The quantitative estimate of drug-likeness (QED) is 0.522. The number of carbonyl (C=O) groups is 1. The van der Waals surface area contributed by atoms with Gasteiger partial charge in [0.1, 0.15) is 0 Å². The lowest BCUT2D eigenvalue weighted by atomic mass is 10.2. The standard InChI is InChI=1S/C8H4ClF4NO3/c9-2-3-1-4(17-8(11,12)13)5(7(15)16)6(10)14-3/h1H,2H2,(H,15,16). The second-order valence-electron chi connectivity index (χ2n) is 2.76. The summed E-state index contributed by atoms with van der Waals surface area (Å²) in [7, 11) is 0. The summed E-state index contributed by atoms with van der Waals surface area (Å²) in [6, 6.07) is 0.618. The van der Waals surface area contributed by atoms with Gasteiger partial charge in [0.05, 0.1) is 11.6 Å². The number of carboxylic acid groups (broad SMARTS) is 1. The smallest absolute Gasteiger partial charge is 0.477 e. The van der Waals surface area contributed by atoms with E-state index < -0.39 is 29.6 Å². The number of ether oxygens (including phenoxy) is 1. The molecule has 0 saturated heterocycles. The summed E-state index contributed by atoms with van der Waals surface area (Å²) in [5, 5.41) is 8.55.